The van der Waals surface area contributed by atoms with Crippen molar-refractivity contribution in [3.05, 3.63) is 43.1 Å². The molecule has 0 amide bonds. The summed E-state index contributed by atoms with van der Waals surface area (Å²) in [7, 11) is 0. The average Bonchev–Trinajstić information content (AvgIpc) is 2.41. The summed E-state index contributed by atoms with van der Waals surface area (Å²) in [4.78, 5) is 4.39. The number of thioether (sulfide) groups is 1. The van der Waals surface area contributed by atoms with Gasteiger partial charge in [0.05, 0.1) is 11.2 Å². The summed E-state index contributed by atoms with van der Waals surface area (Å²) in [5.41, 5.74) is 8.68. The summed E-state index contributed by atoms with van der Waals surface area (Å²) in [6.45, 7) is 4.61. The summed E-state index contributed by atoms with van der Waals surface area (Å²) < 4.78 is 0. The number of nitrogen functional groups attached to an aromatic ring is 1. The van der Waals surface area contributed by atoms with Crippen LogP contribution in [-0.2, 0) is 0 Å². The van der Waals surface area contributed by atoms with Gasteiger partial charge >= 0.3 is 0 Å². The van der Waals surface area contributed by atoms with E-state index in [4.69, 9.17) is 5.73 Å². The largest absolute Gasteiger partial charge is 0.398 e. The summed E-state index contributed by atoms with van der Waals surface area (Å²) >= 11 is 1.86. The van der Waals surface area contributed by atoms with Crippen molar-refractivity contribution in [1.82, 2.24) is 4.98 Å². The van der Waals surface area contributed by atoms with Crippen molar-refractivity contribution >= 4 is 34.0 Å². The minimum absolute atomic E-state index is 0.768. The molecule has 0 atom stereocenters. The molecule has 18 heavy (non-hydrogen) atoms. The van der Waals surface area contributed by atoms with Gasteiger partial charge in [0.2, 0.25) is 0 Å². The Morgan fingerprint density at radius 2 is 2.28 bits per heavy atom. The molecule has 94 valence electrons. The van der Waals surface area contributed by atoms with Gasteiger partial charge in [0, 0.05) is 35.3 Å². The van der Waals surface area contributed by atoms with E-state index in [-0.39, 0.29) is 0 Å². The Kier molecular flexibility index (Phi) is 4.47. The van der Waals surface area contributed by atoms with Crippen molar-refractivity contribution in [2.45, 2.75) is 0 Å². The Bertz CT molecular complexity index is 540. The lowest BCUT2D eigenvalue weighted by Crippen LogP contribution is -2.05. The minimum atomic E-state index is 0.768. The second kappa shape index (κ2) is 6.31. The number of benzene rings is 1. The van der Waals surface area contributed by atoms with Gasteiger partial charge in [-0.2, -0.15) is 11.8 Å². The maximum atomic E-state index is 5.94. The molecule has 0 aliphatic rings. The first-order chi connectivity index (χ1) is 8.83. The third kappa shape index (κ3) is 2.96. The van der Waals surface area contributed by atoms with Gasteiger partial charge in [0.25, 0.3) is 0 Å². The molecule has 0 aliphatic carbocycles. The molecule has 0 radical (unpaired) electrons. The number of hydrogen-bond acceptors (Lipinski definition) is 4. The fourth-order valence-electron chi connectivity index (χ4n) is 1.76. The average molecular weight is 259 g/mol. The fourth-order valence-corrected chi connectivity index (χ4v) is 2.34. The highest BCUT2D eigenvalue weighted by Gasteiger charge is 2.03. The lowest BCUT2D eigenvalue weighted by atomic mass is 10.1. The minimum Gasteiger partial charge on any atom is -0.398 e. The highest BCUT2D eigenvalue weighted by atomic mass is 32.2. The molecule has 3 nitrogen and oxygen atoms in total. The number of rotatable bonds is 6. The van der Waals surface area contributed by atoms with E-state index in [1.165, 1.54) is 0 Å². The van der Waals surface area contributed by atoms with Crippen molar-refractivity contribution in [2.75, 3.05) is 29.1 Å². The molecule has 0 saturated carbocycles. The Hall–Kier alpha value is -1.68. The number of nitrogens with zero attached hydrogens (tertiary/aromatic N) is 1. The van der Waals surface area contributed by atoms with Crippen LogP contribution in [0, 0.1) is 0 Å². The third-order valence-electron chi connectivity index (χ3n) is 2.60. The van der Waals surface area contributed by atoms with E-state index in [2.05, 4.69) is 16.9 Å². The molecular formula is C14H17N3S. The lowest BCUT2D eigenvalue weighted by molar-refractivity contribution is 1.23. The van der Waals surface area contributed by atoms with Crippen LogP contribution < -0.4 is 11.1 Å². The van der Waals surface area contributed by atoms with Gasteiger partial charge in [0.1, 0.15) is 0 Å². The van der Waals surface area contributed by atoms with Crippen LogP contribution in [0.25, 0.3) is 10.9 Å². The zero-order chi connectivity index (χ0) is 12.8. The third-order valence-corrected chi connectivity index (χ3v) is 3.57. The van der Waals surface area contributed by atoms with Gasteiger partial charge in [-0.25, -0.2) is 0 Å². The standard InChI is InChI=1S/C14H17N3S/c1-2-9-18-10-8-16-13-6-5-12(15)11-4-3-7-17-14(11)13/h2-7,16H,1,8-10,15H2. The second-order valence-electron chi connectivity index (χ2n) is 3.89. The lowest BCUT2D eigenvalue weighted by Gasteiger charge is -2.10. The number of pyridine rings is 1. The molecule has 1 aromatic heterocycles. The van der Waals surface area contributed by atoms with Crippen LogP contribution in [0.2, 0.25) is 0 Å². The Balaban J connectivity index is 2.09. The molecule has 2 aromatic rings. The van der Waals surface area contributed by atoms with Crippen molar-refractivity contribution in [2.24, 2.45) is 0 Å². The van der Waals surface area contributed by atoms with Crippen LogP contribution in [0.3, 0.4) is 0 Å². The van der Waals surface area contributed by atoms with E-state index >= 15 is 0 Å². The molecule has 1 heterocycles. The number of anilines is 2. The molecule has 0 aliphatic heterocycles. The van der Waals surface area contributed by atoms with Crippen LogP contribution in [0.4, 0.5) is 11.4 Å². The molecule has 4 heteroatoms. The Morgan fingerprint density at radius 1 is 1.39 bits per heavy atom. The molecule has 3 N–H and O–H groups in total. The van der Waals surface area contributed by atoms with Crippen LogP contribution in [-0.4, -0.2) is 23.0 Å². The van der Waals surface area contributed by atoms with Crippen LogP contribution in [0.5, 0.6) is 0 Å². The van der Waals surface area contributed by atoms with Crippen molar-refractivity contribution in [3.63, 3.8) is 0 Å². The fraction of sp³-hybridized carbons (Fsp3) is 0.214. The maximum Gasteiger partial charge on any atom is 0.0953 e. The number of nitrogens with two attached hydrogens (primary N) is 1. The first-order valence-electron chi connectivity index (χ1n) is 5.88. The molecule has 0 spiro atoms. The van der Waals surface area contributed by atoms with Crippen LogP contribution in [0.15, 0.2) is 43.1 Å². The second-order valence-corrected chi connectivity index (χ2v) is 5.04. The van der Waals surface area contributed by atoms with E-state index in [1.807, 2.05) is 42.1 Å². The molecule has 2 rings (SSSR count). The first kappa shape index (κ1) is 12.8. The molecule has 0 saturated heterocycles. The number of aromatic nitrogens is 1. The van der Waals surface area contributed by atoms with Crippen molar-refractivity contribution in [3.8, 4) is 0 Å². The van der Waals surface area contributed by atoms with Crippen molar-refractivity contribution in [1.29, 1.82) is 0 Å². The first-order valence-corrected chi connectivity index (χ1v) is 7.04. The molecule has 0 unspecified atom stereocenters. The summed E-state index contributed by atoms with van der Waals surface area (Å²) in [6.07, 6.45) is 3.71. The topological polar surface area (TPSA) is 50.9 Å². The van der Waals surface area contributed by atoms with Crippen molar-refractivity contribution < 1.29 is 0 Å². The van der Waals surface area contributed by atoms with E-state index in [9.17, 15) is 0 Å². The number of nitrogens with one attached hydrogen (secondary N) is 1. The molecule has 0 bridgehead atoms. The number of hydrogen-bond donors (Lipinski definition) is 2. The van der Waals surface area contributed by atoms with E-state index in [0.29, 0.717) is 0 Å². The quantitative estimate of drug-likeness (QED) is 0.475. The van der Waals surface area contributed by atoms with Crippen LogP contribution >= 0.6 is 11.8 Å². The van der Waals surface area contributed by atoms with E-state index < -0.39 is 0 Å². The molecule has 1 aromatic carbocycles. The van der Waals surface area contributed by atoms with Gasteiger partial charge in [-0.15, -0.1) is 6.58 Å². The van der Waals surface area contributed by atoms with E-state index in [0.717, 1.165) is 40.3 Å². The normalized spacial score (nSPS) is 10.4. The number of fused-ring (bicyclic) bond motifs is 1. The zero-order valence-corrected chi connectivity index (χ0v) is 11.0. The molecular weight excluding hydrogens is 242 g/mol. The SMILES string of the molecule is C=CCSCCNc1ccc(N)c2cccnc12. The highest BCUT2D eigenvalue weighted by Crippen LogP contribution is 2.26. The van der Waals surface area contributed by atoms with Gasteiger partial charge in [-0.1, -0.05) is 6.08 Å². The molecule has 0 fully saturated rings. The van der Waals surface area contributed by atoms with Gasteiger partial charge in [-0.05, 0) is 24.3 Å². The predicted molar refractivity (Wildman–Crippen MR) is 82.2 cm³/mol. The monoisotopic (exact) mass is 259 g/mol. The van der Waals surface area contributed by atoms with E-state index in [1.54, 1.807) is 6.20 Å². The van der Waals surface area contributed by atoms with Gasteiger partial charge < -0.3 is 11.1 Å². The summed E-state index contributed by atoms with van der Waals surface area (Å²) in [5, 5.41) is 4.40. The Labute approximate surface area is 111 Å². The van der Waals surface area contributed by atoms with Crippen LogP contribution in [0.1, 0.15) is 0 Å². The van der Waals surface area contributed by atoms with Gasteiger partial charge in [0.15, 0.2) is 0 Å². The maximum absolute atomic E-state index is 5.94. The van der Waals surface area contributed by atoms with Gasteiger partial charge in [-0.3, -0.25) is 4.98 Å². The Morgan fingerprint density at radius 3 is 3.11 bits per heavy atom. The summed E-state index contributed by atoms with van der Waals surface area (Å²) in [6, 6.07) is 7.81. The zero-order valence-electron chi connectivity index (χ0n) is 10.2. The predicted octanol–water partition coefficient (Wildman–Crippen LogP) is 3.15. The highest BCUT2D eigenvalue weighted by molar-refractivity contribution is 7.99. The summed E-state index contributed by atoms with van der Waals surface area (Å²) in [5.74, 6) is 2.03. The smallest absolute Gasteiger partial charge is 0.0953 e.